The second-order valence-electron chi connectivity index (χ2n) is 3.74. The van der Waals surface area contributed by atoms with Crippen LogP contribution >= 0.6 is 11.6 Å². The molecular weight excluding hydrogens is 202 g/mol. The largest absolute Gasteiger partial charge is 0.375 e. The normalized spacial score (nSPS) is 24.8. The number of hydrogen-bond acceptors (Lipinski definition) is 2. The topological polar surface area (TPSA) is 29.5 Å². The molecule has 0 bridgehead atoms. The summed E-state index contributed by atoms with van der Waals surface area (Å²) < 4.78 is 5.49. The van der Waals surface area contributed by atoms with Crippen molar-refractivity contribution in [1.29, 1.82) is 0 Å². The maximum atomic E-state index is 11.8. The number of carbonyl (C=O) groups is 1. The number of halogens is 1. The van der Waals surface area contributed by atoms with Gasteiger partial charge in [0.1, 0.15) is 0 Å². The maximum Gasteiger partial charge on any atom is 0.226 e. The van der Waals surface area contributed by atoms with Crippen molar-refractivity contribution in [3.05, 3.63) is 0 Å². The van der Waals surface area contributed by atoms with Crippen LogP contribution in [0.4, 0.5) is 0 Å². The first-order valence-corrected chi connectivity index (χ1v) is 5.68. The Kier molecular flexibility index (Phi) is 4.69. The van der Waals surface area contributed by atoms with Crippen molar-refractivity contribution < 1.29 is 9.53 Å². The second kappa shape index (κ2) is 5.56. The standard InChI is InChI=1S/C10H18ClNO2/c1-3-9-7-12(4-5-14-9)10(13)8(2)6-11/h8-9H,3-7H2,1-2H3. The van der Waals surface area contributed by atoms with E-state index in [1.165, 1.54) is 0 Å². The number of amides is 1. The molecule has 2 atom stereocenters. The van der Waals surface area contributed by atoms with Crippen LogP contribution in [0.3, 0.4) is 0 Å². The van der Waals surface area contributed by atoms with Gasteiger partial charge in [0.15, 0.2) is 0 Å². The van der Waals surface area contributed by atoms with Crippen LogP contribution < -0.4 is 0 Å². The van der Waals surface area contributed by atoms with Crippen molar-refractivity contribution in [3.63, 3.8) is 0 Å². The van der Waals surface area contributed by atoms with Crippen LogP contribution in [0.15, 0.2) is 0 Å². The Morgan fingerprint density at radius 2 is 2.43 bits per heavy atom. The third-order valence-corrected chi connectivity index (χ3v) is 3.02. The lowest BCUT2D eigenvalue weighted by Gasteiger charge is -2.33. The Morgan fingerprint density at radius 3 is 3.00 bits per heavy atom. The molecule has 2 unspecified atom stereocenters. The van der Waals surface area contributed by atoms with Crippen molar-refractivity contribution in [3.8, 4) is 0 Å². The van der Waals surface area contributed by atoms with Crippen molar-refractivity contribution in [1.82, 2.24) is 4.90 Å². The first kappa shape index (κ1) is 11.8. The highest BCUT2D eigenvalue weighted by Gasteiger charge is 2.25. The fourth-order valence-corrected chi connectivity index (χ4v) is 1.68. The van der Waals surface area contributed by atoms with Gasteiger partial charge in [-0.1, -0.05) is 13.8 Å². The third kappa shape index (κ3) is 2.85. The quantitative estimate of drug-likeness (QED) is 0.674. The van der Waals surface area contributed by atoms with Crippen LogP contribution in [0, 0.1) is 5.92 Å². The van der Waals surface area contributed by atoms with Crippen molar-refractivity contribution in [2.75, 3.05) is 25.6 Å². The van der Waals surface area contributed by atoms with Gasteiger partial charge in [-0.15, -0.1) is 11.6 Å². The van der Waals surface area contributed by atoms with E-state index in [1.54, 1.807) is 0 Å². The van der Waals surface area contributed by atoms with Crippen molar-refractivity contribution in [2.24, 2.45) is 5.92 Å². The molecule has 1 rings (SSSR count). The van der Waals surface area contributed by atoms with Crippen molar-refractivity contribution >= 4 is 17.5 Å². The number of carbonyl (C=O) groups excluding carboxylic acids is 1. The van der Waals surface area contributed by atoms with Crippen molar-refractivity contribution in [2.45, 2.75) is 26.4 Å². The Bertz CT molecular complexity index is 199. The SMILES string of the molecule is CCC1CN(C(=O)C(C)CCl)CCO1. The molecule has 1 aliphatic heterocycles. The third-order valence-electron chi connectivity index (χ3n) is 2.56. The smallest absolute Gasteiger partial charge is 0.226 e. The molecule has 1 aliphatic rings. The molecule has 0 aromatic heterocycles. The fraction of sp³-hybridized carbons (Fsp3) is 0.900. The Hall–Kier alpha value is -0.280. The van der Waals surface area contributed by atoms with Crippen LogP contribution in [0.2, 0.25) is 0 Å². The summed E-state index contributed by atoms with van der Waals surface area (Å²) in [6.45, 7) is 6.02. The minimum absolute atomic E-state index is 0.0766. The Labute approximate surface area is 90.4 Å². The number of rotatable bonds is 3. The van der Waals surface area contributed by atoms with Crippen LogP contribution in [-0.4, -0.2) is 42.5 Å². The molecule has 1 amide bonds. The fourth-order valence-electron chi connectivity index (χ4n) is 1.54. The van der Waals surface area contributed by atoms with Gasteiger partial charge >= 0.3 is 0 Å². The highest BCUT2D eigenvalue weighted by molar-refractivity contribution is 6.19. The van der Waals surface area contributed by atoms with Gasteiger partial charge in [0.25, 0.3) is 0 Å². The zero-order valence-corrected chi connectivity index (χ0v) is 9.59. The summed E-state index contributed by atoms with van der Waals surface area (Å²) in [6.07, 6.45) is 1.16. The minimum atomic E-state index is -0.0766. The second-order valence-corrected chi connectivity index (χ2v) is 4.05. The van der Waals surface area contributed by atoms with Crippen LogP contribution in [0.1, 0.15) is 20.3 Å². The van der Waals surface area contributed by atoms with Gasteiger partial charge in [-0.3, -0.25) is 4.79 Å². The molecule has 1 heterocycles. The maximum absolute atomic E-state index is 11.8. The molecule has 1 fully saturated rings. The number of alkyl halides is 1. The highest BCUT2D eigenvalue weighted by atomic mass is 35.5. The summed E-state index contributed by atoms with van der Waals surface area (Å²) in [4.78, 5) is 13.6. The monoisotopic (exact) mass is 219 g/mol. The molecule has 1 saturated heterocycles. The number of hydrogen-bond donors (Lipinski definition) is 0. The van der Waals surface area contributed by atoms with Gasteiger partial charge < -0.3 is 9.64 Å². The predicted molar refractivity (Wildman–Crippen MR) is 56.5 cm³/mol. The first-order valence-electron chi connectivity index (χ1n) is 5.15. The molecule has 0 spiro atoms. The van der Waals surface area contributed by atoms with Gasteiger partial charge in [0, 0.05) is 24.9 Å². The predicted octanol–water partition coefficient (Wildman–Crippen LogP) is 1.50. The zero-order chi connectivity index (χ0) is 10.6. The summed E-state index contributed by atoms with van der Waals surface area (Å²) >= 11 is 5.66. The summed E-state index contributed by atoms with van der Waals surface area (Å²) in [7, 11) is 0. The lowest BCUT2D eigenvalue weighted by molar-refractivity contribution is -0.141. The van der Waals surface area contributed by atoms with Crippen LogP contribution in [0.5, 0.6) is 0 Å². The van der Waals surface area contributed by atoms with E-state index in [2.05, 4.69) is 6.92 Å². The highest BCUT2D eigenvalue weighted by Crippen LogP contribution is 2.12. The molecule has 0 aliphatic carbocycles. The van der Waals surface area contributed by atoms with E-state index in [0.29, 0.717) is 19.0 Å². The average Bonchev–Trinajstić information content (AvgIpc) is 2.27. The number of morpholine rings is 1. The van der Waals surface area contributed by atoms with Gasteiger partial charge in [-0.2, -0.15) is 0 Å². The molecule has 0 aromatic rings. The molecule has 0 N–H and O–H groups in total. The Balaban J connectivity index is 2.47. The summed E-state index contributed by atoms with van der Waals surface area (Å²) in [5, 5.41) is 0. The molecule has 82 valence electrons. The molecule has 0 radical (unpaired) electrons. The van der Waals surface area contributed by atoms with E-state index in [9.17, 15) is 4.79 Å². The average molecular weight is 220 g/mol. The summed E-state index contributed by atoms with van der Waals surface area (Å²) in [6, 6.07) is 0. The molecule has 4 heteroatoms. The molecule has 0 aromatic carbocycles. The van der Waals surface area contributed by atoms with E-state index in [-0.39, 0.29) is 17.9 Å². The van der Waals surface area contributed by atoms with E-state index in [4.69, 9.17) is 16.3 Å². The molecule has 0 saturated carbocycles. The van der Waals surface area contributed by atoms with E-state index >= 15 is 0 Å². The number of ether oxygens (including phenoxy) is 1. The molecular formula is C10H18ClNO2. The minimum Gasteiger partial charge on any atom is -0.375 e. The van der Waals surface area contributed by atoms with E-state index in [0.717, 1.165) is 13.0 Å². The van der Waals surface area contributed by atoms with E-state index in [1.807, 2.05) is 11.8 Å². The van der Waals surface area contributed by atoms with Gasteiger partial charge in [-0.05, 0) is 6.42 Å². The Morgan fingerprint density at radius 1 is 1.71 bits per heavy atom. The van der Waals surface area contributed by atoms with E-state index < -0.39 is 0 Å². The van der Waals surface area contributed by atoms with Gasteiger partial charge in [-0.25, -0.2) is 0 Å². The lowest BCUT2D eigenvalue weighted by atomic mass is 10.1. The lowest BCUT2D eigenvalue weighted by Crippen LogP contribution is -2.47. The molecule has 3 nitrogen and oxygen atoms in total. The number of nitrogens with zero attached hydrogens (tertiary/aromatic N) is 1. The summed E-state index contributed by atoms with van der Waals surface area (Å²) in [5.74, 6) is 0.474. The van der Waals surface area contributed by atoms with Gasteiger partial charge in [0.2, 0.25) is 5.91 Å². The molecule has 14 heavy (non-hydrogen) atoms. The van der Waals surface area contributed by atoms with Gasteiger partial charge in [0.05, 0.1) is 12.7 Å². The van der Waals surface area contributed by atoms with Crippen LogP contribution in [0.25, 0.3) is 0 Å². The first-order chi connectivity index (χ1) is 6.69. The zero-order valence-electron chi connectivity index (χ0n) is 8.83. The van der Waals surface area contributed by atoms with Crippen LogP contribution in [-0.2, 0) is 9.53 Å². The summed E-state index contributed by atoms with van der Waals surface area (Å²) in [5.41, 5.74) is 0.